The van der Waals surface area contributed by atoms with Gasteiger partial charge in [-0.2, -0.15) is 0 Å². The van der Waals surface area contributed by atoms with E-state index in [0.29, 0.717) is 13.1 Å². The summed E-state index contributed by atoms with van der Waals surface area (Å²) in [5.41, 5.74) is 1.96. The Kier molecular flexibility index (Phi) is 4.73. The Hall–Kier alpha value is -2.11. The number of aryl methyl sites for hydroxylation is 2. The number of fused-ring (bicyclic) bond motifs is 1. The first-order chi connectivity index (χ1) is 12.4. The lowest BCUT2D eigenvalue weighted by Gasteiger charge is -2.29. The standard InChI is InChI=1S/C21H31N3O3/c1-12-8-9-16(13(2)22-12)21(6,7)23-18(25)17-14-10-24(11-15(14)17)19(26)27-20(3,4)5/h8-9,14-15,17H,10-11H2,1-7H3,(H,23,25). The number of nitrogens with one attached hydrogen (secondary N) is 1. The number of pyridine rings is 1. The van der Waals surface area contributed by atoms with Crippen molar-refractivity contribution in [2.45, 2.75) is 59.6 Å². The van der Waals surface area contributed by atoms with Crippen LogP contribution in [-0.4, -0.2) is 40.6 Å². The third-order valence-electron chi connectivity index (χ3n) is 5.48. The number of rotatable bonds is 3. The fourth-order valence-electron chi connectivity index (χ4n) is 4.20. The minimum atomic E-state index is -0.495. The van der Waals surface area contributed by atoms with E-state index in [4.69, 9.17) is 4.74 Å². The Morgan fingerprint density at radius 3 is 2.22 bits per heavy atom. The van der Waals surface area contributed by atoms with Crippen molar-refractivity contribution in [1.29, 1.82) is 0 Å². The van der Waals surface area contributed by atoms with E-state index in [2.05, 4.69) is 10.3 Å². The number of carbonyl (C=O) groups is 2. The molecule has 0 aromatic carbocycles. The van der Waals surface area contributed by atoms with Crippen LogP contribution >= 0.6 is 0 Å². The Bertz CT molecular complexity index is 754. The van der Waals surface area contributed by atoms with Gasteiger partial charge in [0, 0.05) is 30.4 Å². The van der Waals surface area contributed by atoms with Crippen molar-refractivity contribution in [3.8, 4) is 0 Å². The summed E-state index contributed by atoms with van der Waals surface area (Å²) in [5, 5.41) is 3.19. The highest BCUT2D eigenvalue weighted by Gasteiger charge is 2.61. The van der Waals surface area contributed by atoms with Crippen LogP contribution in [0.1, 0.15) is 51.6 Å². The van der Waals surface area contributed by atoms with Gasteiger partial charge in [0.25, 0.3) is 0 Å². The summed E-state index contributed by atoms with van der Waals surface area (Å²) in [7, 11) is 0. The van der Waals surface area contributed by atoms with Crippen LogP contribution in [0.5, 0.6) is 0 Å². The lowest BCUT2D eigenvalue weighted by molar-refractivity contribution is -0.125. The van der Waals surface area contributed by atoms with E-state index in [1.165, 1.54) is 0 Å². The molecule has 1 N–H and O–H groups in total. The van der Waals surface area contributed by atoms with Crippen LogP contribution in [0.25, 0.3) is 0 Å². The van der Waals surface area contributed by atoms with Crippen molar-refractivity contribution in [3.05, 3.63) is 29.1 Å². The number of piperidine rings is 1. The molecule has 2 aliphatic rings. The zero-order chi connectivity index (χ0) is 20.1. The Labute approximate surface area is 161 Å². The molecule has 2 atom stereocenters. The SMILES string of the molecule is Cc1ccc(C(C)(C)NC(=O)C2C3CN(C(=O)OC(C)(C)C)CC32)c(C)n1. The fourth-order valence-corrected chi connectivity index (χ4v) is 4.20. The predicted octanol–water partition coefficient (Wildman–Crippen LogP) is 3.16. The molecule has 2 heterocycles. The summed E-state index contributed by atoms with van der Waals surface area (Å²) in [5.74, 6) is 0.539. The first-order valence-corrected chi connectivity index (χ1v) is 9.64. The highest BCUT2D eigenvalue weighted by atomic mass is 16.6. The molecule has 1 saturated carbocycles. The largest absolute Gasteiger partial charge is 0.444 e. The third kappa shape index (κ3) is 4.09. The van der Waals surface area contributed by atoms with Crippen molar-refractivity contribution in [1.82, 2.24) is 15.2 Å². The van der Waals surface area contributed by atoms with Gasteiger partial charge in [0.2, 0.25) is 5.91 Å². The van der Waals surface area contributed by atoms with Gasteiger partial charge in [-0.05, 0) is 71.9 Å². The van der Waals surface area contributed by atoms with E-state index >= 15 is 0 Å². The van der Waals surface area contributed by atoms with E-state index in [0.717, 1.165) is 17.0 Å². The Morgan fingerprint density at radius 1 is 1.11 bits per heavy atom. The van der Waals surface area contributed by atoms with Gasteiger partial charge >= 0.3 is 6.09 Å². The molecule has 6 heteroatoms. The van der Waals surface area contributed by atoms with Crippen LogP contribution in [0.4, 0.5) is 4.79 Å². The number of likely N-dealkylation sites (tertiary alicyclic amines) is 1. The van der Waals surface area contributed by atoms with Crippen LogP contribution in [0.3, 0.4) is 0 Å². The van der Waals surface area contributed by atoms with Gasteiger partial charge in [-0.1, -0.05) is 6.07 Å². The van der Waals surface area contributed by atoms with Gasteiger partial charge < -0.3 is 15.0 Å². The van der Waals surface area contributed by atoms with Crippen LogP contribution in [0.2, 0.25) is 0 Å². The van der Waals surface area contributed by atoms with Crippen molar-refractivity contribution >= 4 is 12.0 Å². The first-order valence-electron chi connectivity index (χ1n) is 9.64. The van der Waals surface area contributed by atoms with E-state index in [9.17, 15) is 9.59 Å². The maximum Gasteiger partial charge on any atom is 0.410 e. The zero-order valence-electron chi connectivity index (χ0n) is 17.4. The number of ether oxygens (including phenoxy) is 1. The molecule has 2 amide bonds. The molecule has 0 spiro atoms. The molecule has 2 fully saturated rings. The average Bonchev–Trinajstić information content (AvgIpc) is 2.99. The first kappa shape index (κ1) is 19.6. The van der Waals surface area contributed by atoms with Crippen molar-refractivity contribution < 1.29 is 14.3 Å². The van der Waals surface area contributed by atoms with E-state index in [-0.39, 0.29) is 29.8 Å². The van der Waals surface area contributed by atoms with E-state index in [1.54, 1.807) is 4.90 Å². The highest BCUT2D eigenvalue weighted by Crippen LogP contribution is 2.52. The molecular formula is C21H31N3O3. The second-order valence-electron chi connectivity index (χ2n) is 9.44. The van der Waals surface area contributed by atoms with Gasteiger partial charge in [-0.25, -0.2) is 4.79 Å². The summed E-state index contributed by atoms with van der Waals surface area (Å²) in [6.07, 6.45) is -0.282. The van der Waals surface area contributed by atoms with Crippen molar-refractivity contribution in [2.75, 3.05) is 13.1 Å². The molecule has 1 aliphatic carbocycles. The molecule has 1 aromatic rings. The van der Waals surface area contributed by atoms with Crippen LogP contribution in [-0.2, 0) is 15.1 Å². The van der Waals surface area contributed by atoms with Crippen LogP contribution in [0.15, 0.2) is 12.1 Å². The minimum absolute atomic E-state index is 0.0123. The zero-order valence-corrected chi connectivity index (χ0v) is 17.4. The molecule has 0 radical (unpaired) electrons. The van der Waals surface area contributed by atoms with Gasteiger partial charge in [-0.3, -0.25) is 9.78 Å². The smallest absolute Gasteiger partial charge is 0.410 e. The summed E-state index contributed by atoms with van der Waals surface area (Å²) in [4.78, 5) is 31.2. The summed E-state index contributed by atoms with van der Waals surface area (Å²) in [6.45, 7) is 14.7. The Balaban J connectivity index is 1.58. The molecule has 27 heavy (non-hydrogen) atoms. The van der Waals surface area contributed by atoms with Gasteiger partial charge in [0.15, 0.2) is 0 Å². The van der Waals surface area contributed by atoms with Crippen LogP contribution in [0, 0.1) is 31.6 Å². The second kappa shape index (κ2) is 6.50. The number of aromatic nitrogens is 1. The molecule has 3 rings (SSSR count). The summed E-state index contributed by atoms with van der Waals surface area (Å²) >= 11 is 0. The lowest BCUT2D eigenvalue weighted by Crippen LogP contribution is -2.44. The van der Waals surface area contributed by atoms with Gasteiger partial charge in [-0.15, -0.1) is 0 Å². The molecular weight excluding hydrogens is 342 g/mol. The number of nitrogens with zero attached hydrogens (tertiary/aromatic N) is 2. The number of amides is 2. The molecule has 1 aliphatic heterocycles. The van der Waals surface area contributed by atoms with Gasteiger partial charge in [0.1, 0.15) is 5.60 Å². The molecule has 1 aromatic heterocycles. The maximum absolute atomic E-state index is 12.8. The normalized spacial score (nSPS) is 24.4. The average molecular weight is 373 g/mol. The quantitative estimate of drug-likeness (QED) is 0.883. The fraction of sp³-hybridized carbons (Fsp3) is 0.667. The van der Waals surface area contributed by atoms with Crippen molar-refractivity contribution in [2.24, 2.45) is 17.8 Å². The molecule has 6 nitrogen and oxygen atoms in total. The third-order valence-corrected chi connectivity index (χ3v) is 5.48. The molecule has 2 unspecified atom stereocenters. The lowest BCUT2D eigenvalue weighted by atomic mass is 9.92. The van der Waals surface area contributed by atoms with E-state index < -0.39 is 11.1 Å². The molecule has 0 bridgehead atoms. The van der Waals surface area contributed by atoms with Crippen LogP contribution < -0.4 is 5.32 Å². The highest BCUT2D eigenvalue weighted by molar-refractivity contribution is 5.84. The maximum atomic E-state index is 12.8. The number of hydrogen-bond acceptors (Lipinski definition) is 4. The molecule has 148 valence electrons. The predicted molar refractivity (Wildman–Crippen MR) is 103 cm³/mol. The van der Waals surface area contributed by atoms with Gasteiger partial charge in [0.05, 0.1) is 5.54 Å². The van der Waals surface area contributed by atoms with E-state index in [1.807, 2.05) is 60.6 Å². The monoisotopic (exact) mass is 373 g/mol. The number of hydrogen-bond donors (Lipinski definition) is 1. The molecule has 1 saturated heterocycles. The topological polar surface area (TPSA) is 71.5 Å². The summed E-state index contributed by atoms with van der Waals surface area (Å²) < 4.78 is 5.43. The summed E-state index contributed by atoms with van der Waals surface area (Å²) in [6, 6.07) is 4.01. The second-order valence-corrected chi connectivity index (χ2v) is 9.44. The Morgan fingerprint density at radius 2 is 1.70 bits per heavy atom. The minimum Gasteiger partial charge on any atom is -0.444 e. The number of carbonyl (C=O) groups excluding carboxylic acids is 2. The van der Waals surface area contributed by atoms with Crippen molar-refractivity contribution in [3.63, 3.8) is 0 Å².